The predicted molar refractivity (Wildman–Crippen MR) is 74.8 cm³/mol. The van der Waals surface area contributed by atoms with Crippen LogP contribution < -0.4 is 4.74 Å². The fraction of sp³-hybridized carbons (Fsp3) is 0.143. The van der Waals surface area contributed by atoms with E-state index in [0.29, 0.717) is 0 Å². The van der Waals surface area contributed by atoms with Gasteiger partial charge in [-0.1, -0.05) is 40.2 Å². The van der Waals surface area contributed by atoms with Crippen LogP contribution in [-0.2, 0) is 0 Å². The molecule has 0 bridgehead atoms. The number of halogens is 2. The van der Waals surface area contributed by atoms with Gasteiger partial charge in [0.05, 0.1) is 12.5 Å². The molecule has 0 amide bonds. The molecule has 17 heavy (non-hydrogen) atoms. The van der Waals surface area contributed by atoms with Crippen LogP contribution in [0, 0.1) is 0 Å². The van der Waals surface area contributed by atoms with Crippen molar-refractivity contribution >= 4 is 27.5 Å². The molecule has 0 spiro atoms. The maximum Gasteiger partial charge on any atom is 0.119 e. The molecule has 2 aromatic carbocycles. The van der Waals surface area contributed by atoms with E-state index < -0.39 is 0 Å². The van der Waals surface area contributed by atoms with Crippen molar-refractivity contribution in [1.29, 1.82) is 0 Å². The summed E-state index contributed by atoms with van der Waals surface area (Å²) >= 11 is 9.85. The zero-order valence-electron chi connectivity index (χ0n) is 9.36. The lowest BCUT2D eigenvalue weighted by Gasteiger charge is -2.11. The third-order valence-corrected chi connectivity index (χ3v) is 3.58. The van der Waals surface area contributed by atoms with Crippen LogP contribution in [0.1, 0.15) is 16.5 Å². The molecular formula is C14H12BrClO. The average Bonchev–Trinajstić information content (AvgIpc) is 2.39. The molecule has 1 atom stereocenters. The Kier molecular flexibility index (Phi) is 4.08. The molecule has 0 aliphatic heterocycles. The molecule has 88 valence electrons. The first-order chi connectivity index (χ1) is 8.20. The van der Waals surface area contributed by atoms with Gasteiger partial charge in [-0.25, -0.2) is 0 Å². The molecule has 1 unspecified atom stereocenters. The first kappa shape index (κ1) is 12.5. The maximum atomic E-state index is 6.44. The van der Waals surface area contributed by atoms with Gasteiger partial charge in [0.15, 0.2) is 0 Å². The highest BCUT2D eigenvalue weighted by atomic mass is 79.9. The van der Waals surface area contributed by atoms with Crippen molar-refractivity contribution in [2.24, 2.45) is 0 Å². The maximum absolute atomic E-state index is 6.44. The van der Waals surface area contributed by atoms with E-state index in [4.69, 9.17) is 16.3 Å². The molecule has 0 aliphatic carbocycles. The highest BCUT2D eigenvalue weighted by Crippen LogP contribution is 2.31. The molecule has 0 aliphatic rings. The van der Waals surface area contributed by atoms with Crippen LogP contribution in [0.25, 0.3) is 0 Å². The second-order valence-corrected chi connectivity index (χ2v) is 5.04. The van der Waals surface area contributed by atoms with Crippen molar-refractivity contribution in [3.63, 3.8) is 0 Å². The summed E-state index contributed by atoms with van der Waals surface area (Å²) < 4.78 is 6.25. The summed E-state index contributed by atoms with van der Waals surface area (Å²) in [7, 11) is 1.65. The summed E-state index contributed by atoms with van der Waals surface area (Å²) in [6.45, 7) is 0. The van der Waals surface area contributed by atoms with E-state index in [1.807, 2.05) is 48.5 Å². The number of hydrogen-bond donors (Lipinski definition) is 0. The minimum atomic E-state index is -0.154. The van der Waals surface area contributed by atoms with E-state index in [0.717, 1.165) is 21.3 Å². The van der Waals surface area contributed by atoms with Crippen molar-refractivity contribution in [2.75, 3.05) is 7.11 Å². The Hall–Kier alpha value is -0.990. The van der Waals surface area contributed by atoms with Crippen molar-refractivity contribution in [1.82, 2.24) is 0 Å². The van der Waals surface area contributed by atoms with Gasteiger partial charge in [0.1, 0.15) is 5.75 Å². The van der Waals surface area contributed by atoms with Gasteiger partial charge in [-0.3, -0.25) is 0 Å². The van der Waals surface area contributed by atoms with Crippen LogP contribution in [0.5, 0.6) is 5.75 Å². The second kappa shape index (κ2) is 5.56. The van der Waals surface area contributed by atoms with Gasteiger partial charge in [-0.2, -0.15) is 0 Å². The predicted octanol–water partition coefficient (Wildman–Crippen LogP) is 4.79. The van der Waals surface area contributed by atoms with Gasteiger partial charge in [-0.15, -0.1) is 11.6 Å². The molecular weight excluding hydrogens is 300 g/mol. The van der Waals surface area contributed by atoms with Gasteiger partial charge >= 0.3 is 0 Å². The Labute approximate surface area is 115 Å². The first-order valence-corrected chi connectivity index (χ1v) is 6.47. The van der Waals surface area contributed by atoms with E-state index in [9.17, 15) is 0 Å². The highest BCUT2D eigenvalue weighted by Gasteiger charge is 2.11. The van der Waals surface area contributed by atoms with Gasteiger partial charge in [0.25, 0.3) is 0 Å². The van der Waals surface area contributed by atoms with E-state index in [-0.39, 0.29) is 5.38 Å². The Morgan fingerprint density at radius 2 is 1.76 bits per heavy atom. The average molecular weight is 312 g/mol. The molecule has 0 radical (unpaired) electrons. The minimum absolute atomic E-state index is 0.154. The molecule has 0 saturated heterocycles. The van der Waals surface area contributed by atoms with E-state index >= 15 is 0 Å². The number of methoxy groups -OCH3 is 1. The molecule has 0 aromatic heterocycles. The number of benzene rings is 2. The van der Waals surface area contributed by atoms with Crippen LogP contribution in [0.15, 0.2) is 53.0 Å². The normalized spacial score (nSPS) is 12.2. The standard InChI is InChI=1S/C14H12BrClO/c1-17-13-4-2-3-11(9-13)14(16)10-5-7-12(15)8-6-10/h2-9,14H,1H3. The van der Waals surface area contributed by atoms with E-state index in [1.165, 1.54) is 0 Å². The summed E-state index contributed by atoms with van der Waals surface area (Å²) in [5.41, 5.74) is 2.11. The summed E-state index contributed by atoms with van der Waals surface area (Å²) in [5.74, 6) is 0.824. The lowest BCUT2D eigenvalue weighted by molar-refractivity contribution is 0.414. The summed E-state index contributed by atoms with van der Waals surface area (Å²) in [4.78, 5) is 0. The van der Waals surface area contributed by atoms with Gasteiger partial charge in [0.2, 0.25) is 0 Å². The molecule has 1 nitrogen and oxygen atoms in total. The highest BCUT2D eigenvalue weighted by molar-refractivity contribution is 9.10. The number of alkyl halides is 1. The third kappa shape index (κ3) is 3.02. The Morgan fingerprint density at radius 3 is 2.41 bits per heavy atom. The Balaban J connectivity index is 2.29. The first-order valence-electron chi connectivity index (χ1n) is 5.24. The minimum Gasteiger partial charge on any atom is -0.497 e. The zero-order valence-corrected chi connectivity index (χ0v) is 11.7. The topological polar surface area (TPSA) is 9.23 Å². The molecule has 2 aromatic rings. The fourth-order valence-corrected chi connectivity index (χ4v) is 2.17. The van der Waals surface area contributed by atoms with Crippen LogP contribution in [0.2, 0.25) is 0 Å². The van der Waals surface area contributed by atoms with Crippen molar-refractivity contribution in [3.8, 4) is 5.75 Å². The van der Waals surface area contributed by atoms with Crippen LogP contribution in [0.3, 0.4) is 0 Å². The van der Waals surface area contributed by atoms with Gasteiger partial charge < -0.3 is 4.74 Å². The van der Waals surface area contributed by atoms with Gasteiger partial charge in [0, 0.05) is 4.47 Å². The SMILES string of the molecule is COc1cccc(C(Cl)c2ccc(Br)cc2)c1. The lowest BCUT2D eigenvalue weighted by atomic mass is 10.0. The summed E-state index contributed by atoms with van der Waals surface area (Å²) in [5, 5.41) is -0.154. The van der Waals surface area contributed by atoms with Crippen molar-refractivity contribution < 1.29 is 4.74 Å². The van der Waals surface area contributed by atoms with Crippen molar-refractivity contribution in [3.05, 3.63) is 64.1 Å². The van der Waals surface area contributed by atoms with E-state index in [1.54, 1.807) is 7.11 Å². The van der Waals surface area contributed by atoms with E-state index in [2.05, 4.69) is 15.9 Å². The third-order valence-electron chi connectivity index (χ3n) is 2.55. The van der Waals surface area contributed by atoms with Crippen LogP contribution in [-0.4, -0.2) is 7.11 Å². The quantitative estimate of drug-likeness (QED) is 0.741. The Bertz CT molecular complexity index is 496. The smallest absolute Gasteiger partial charge is 0.119 e. The molecule has 2 rings (SSSR count). The fourth-order valence-electron chi connectivity index (χ4n) is 1.62. The van der Waals surface area contributed by atoms with Gasteiger partial charge in [-0.05, 0) is 35.4 Å². The lowest BCUT2D eigenvalue weighted by Crippen LogP contribution is -1.93. The number of hydrogen-bond acceptors (Lipinski definition) is 1. The zero-order chi connectivity index (χ0) is 12.3. The monoisotopic (exact) mass is 310 g/mol. The van der Waals surface area contributed by atoms with Crippen LogP contribution in [0.4, 0.5) is 0 Å². The molecule has 0 saturated carbocycles. The molecule has 3 heteroatoms. The largest absolute Gasteiger partial charge is 0.497 e. The molecule has 0 N–H and O–H groups in total. The van der Waals surface area contributed by atoms with Crippen molar-refractivity contribution in [2.45, 2.75) is 5.38 Å². The summed E-state index contributed by atoms with van der Waals surface area (Å²) in [6.07, 6.45) is 0. The van der Waals surface area contributed by atoms with Crippen LogP contribution >= 0.6 is 27.5 Å². The molecule has 0 heterocycles. The summed E-state index contributed by atoms with van der Waals surface area (Å²) in [6, 6.07) is 15.8. The molecule has 0 fully saturated rings. The second-order valence-electron chi connectivity index (χ2n) is 3.69. The number of rotatable bonds is 3. The number of ether oxygens (including phenoxy) is 1. The Morgan fingerprint density at radius 1 is 1.06 bits per heavy atom.